The summed E-state index contributed by atoms with van der Waals surface area (Å²) in [5, 5.41) is 6.62. The zero-order valence-electron chi connectivity index (χ0n) is 10.5. The minimum absolute atomic E-state index is 0.0449. The number of hydrogen-bond acceptors (Lipinski definition) is 3. The summed E-state index contributed by atoms with van der Waals surface area (Å²) in [5.41, 5.74) is 2.05. The maximum absolute atomic E-state index is 12.8. The molecule has 1 aromatic carbocycles. The van der Waals surface area contributed by atoms with Crippen LogP contribution in [0.5, 0.6) is 0 Å². The third kappa shape index (κ3) is 2.56. The lowest BCUT2D eigenvalue weighted by Gasteiger charge is -2.06. The van der Waals surface area contributed by atoms with E-state index < -0.39 is 12.0 Å². The molecule has 0 spiro atoms. The quantitative estimate of drug-likeness (QED) is 0.680. The Bertz CT molecular complexity index is 780. The third-order valence-corrected chi connectivity index (χ3v) is 3.26. The van der Waals surface area contributed by atoms with Crippen molar-refractivity contribution in [2.24, 2.45) is 0 Å². The van der Waals surface area contributed by atoms with Crippen LogP contribution >= 0.6 is 11.6 Å². The Labute approximate surface area is 122 Å². The van der Waals surface area contributed by atoms with Crippen LogP contribution < -0.4 is 0 Å². The lowest BCUT2D eigenvalue weighted by atomic mass is 10.1. The molecule has 0 aliphatic heterocycles. The van der Waals surface area contributed by atoms with Crippen molar-refractivity contribution in [2.75, 3.05) is 0 Å². The highest BCUT2D eigenvalue weighted by atomic mass is 35.5. The molecule has 0 aliphatic rings. The summed E-state index contributed by atoms with van der Waals surface area (Å²) in [6.07, 6.45) is -2.04. The molecule has 2 heterocycles. The van der Waals surface area contributed by atoms with Gasteiger partial charge in [-0.2, -0.15) is 13.2 Å². The van der Waals surface area contributed by atoms with Crippen LogP contribution in [0.1, 0.15) is 11.4 Å². The average molecular weight is 313 g/mol. The van der Waals surface area contributed by atoms with Crippen molar-refractivity contribution in [1.82, 2.24) is 19.6 Å². The summed E-state index contributed by atoms with van der Waals surface area (Å²) >= 11 is 5.70. The van der Waals surface area contributed by atoms with E-state index in [1.807, 2.05) is 0 Å². The zero-order valence-corrected chi connectivity index (χ0v) is 11.2. The van der Waals surface area contributed by atoms with Crippen molar-refractivity contribution >= 4 is 17.2 Å². The molecule has 0 radical (unpaired) electrons. The van der Waals surface area contributed by atoms with Crippen LogP contribution in [0, 0.1) is 0 Å². The lowest BCUT2D eigenvalue weighted by molar-refractivity contribution is -0.145. The minimum atomic E-state index is -4.57. The van der Waals surface area contributed by atoms with E-state index in [-0.39, 0.29) is 5.65 Å². The summed E-state index contributed by atoms with van der Waals surface area (Å²) in [7, 11) is 0. The topological polar surface area (TPSA) is 43.1 Å². The molecule has 21 heavy (non-hydrogen) atoms. The van der Waals surface area contributed by atoms with Gasteiger partial charge in [0.1, 0.15) is 0 Å². The number of aromatic nitrogens is 4. The van der Waals surface area contributed by atoms with E-state index in [0.29, 0.717) is 17.1 Å². The number of nitrogens with zero attached hydrogens (tertiary/aromatic N) is 4. The normalized spacial score (nSPS) is 12.0. The van der Waals surface area contributed by atoms with Gasteiger partial charge in [-0.3, -0.25) is 9.38 Å². The van der Waals surface area contributed by atoms with Gasteiger partial charge in [0.15, 0.2) is 5.65 Å². The summed E-state index contributed by atoms with van der Waals surface area (Å²) in [6.45, 7) is 0. The second-order valence-corrected chi connectivity index (χ2v) is 4.62. The SMILES string of the molecule is FC(F)(F)c1nnc2cnc(-c3ccc(CCl)cc3)cn12. The van der Waals surface area contributed by atoms with Crippen molar-refractivity contribution in [2.45, 2.75) is 12.1 Å². The first-order chi connectivity index (χ1) is 9.99. The van der Waals surface area contributed by atoms with Crippen LogP contribution in [0.3, 0.4) is 0 Å². The third-order valence-electron chi connectivity index (χ3n) is 2.95. The molecular formula is C13H8ClF3N4. The first kappa shape index (κ1) is 13.8. The Morgan fingerprint density at radius 1 is 1.10 bits per heavy atom. The molecule has 0 amide bonds. The summed E-state index contributed by atoms with van der Waals surface area (Å²) < 4.78 is 39.4. The largest absolute Gasteiger partial charge is 0.452 e. The van der Waals surface area contributed by atoms with Gasteiger partial charge in [0.25, 0.3) is 0 Å². The standard InChI is InChI=1S/C13H8ClF3N4/c14-5-8-1-3-9(4-2-8)10-7-21-11(6-18-10)19-20-12(21)13(15,16)17/h1-4,6-7H,5H2. The van der Waals surface area contributed by atoms with E-state index in [4.69, 9.17) is 11.6 Å². The van der Waals surface area contributed by atoms with Crippen molar-refractivity contribution in [3.63, 3.8) is 0 Å². The van der Waals surface area contributed by atoms with E-state index in [1.165, 1.54) is 12.4 Å². The van der Waals surface area contributed by atoms with Gasteiger partial charge in [0.05, 0.1) is 11.9 Å². The molecule has 0 N–H and O–H groups in total. The molecule has 0 aliphatic carbocycles. The predicted molar refractivity (Wildman–Crippen MR) is 70.8 cm³/mol. The molecule has 3 aromatic rings. The van der Waals surface area contributed by atoms with Crippen molar-refractivity contribution < 1.29 is 13.2 Å². The van der Waals surface area contributed by atoms with Gasteiger partial charge >= 0.3 is 6.18 Å². The van der Waals surface area contributed by atoms with Gasteiger partial charge in [0.2, 0.25) is 5.82 Å². The second-order valence-electron chi connectivity index (χ2n) is 4.35. The highest BCUT2D eigenvalue weighted by Crippen LogP contribution is 2.28. The van der Waals surface area contributed by atoms with E-state index >= 15 is 0 Å². The van der Waals surface area contributed by atoms with E-state index in [0.717, 1.165) is 9.96 Å². The number of rotatable bonds is 2. The number of alkyl halides is 4. The number of benzene rings is 1. The maximum atomic E-state index is 12.8. The lowest BCUT2D eigenvalue weighted by Crippen LogP contribution is -2.11. The molecule has 2 aromatic heterocycles. The van der Waals surface area contributed by atoms with E-state index in [1.54, 1.807) is 24.3 Å². The molecule has 0 bridgehead atoms. The molecule has 0 saturated heterocycles. The fraction of sp³-hybridized carbons (Fsp3) is 0.154. The Balaban J connectivity index is 2.11. The molecule has 4 nitrogen and oxygen atoms in total. The zero-order chi connectivity index (χ0) is 15.0. The number of halogens is 4. The van der Waals surface area contributed by atoms with Crippen LogP contribution in [-0.4, -0.2) is 19.6 Å². The Kier molecular flexibility index (Phi) is 3.29. The summed E-state index contributed by atoms with van der Waals surface area (Å²) in [5.74, 6) is -0.699. The highest BCUT2D eigenvalue weighted by molar-refractivity contribution is 6.17. The molecule has 108 valence electrons. The van der Waals surface area contributed by atoms with Gasteiger partial charge in [-0.15, -0.1) is 21.8 Å². The average Bonchev–Trinajstić information content (AvgIpc) is 2.90. The Hall–Kier alpha value is -2.15. The fourth-order valence-corrected chi connectivity index (χ4v) is 2.09. The summed E-state index contributed by atoms with van der Waals surface area (Å²) in [6, 6.07) is 7.10. The van der Waals surface area contributed by atoms with Crippen LogP contribution in [0.4, 0.5) is 13.2 Å². The first-order valence-electron chi connectivity index (χ1n) is 5.92. The molecular weight excluding hydrogens is 305 g/mol. The van der Waals surface area contributed by atoms with Gasteiger partial charge in [-0.1, -0.05) is 24.3 Å². The smallest absolute Gasteiger partial charge is 0.275 e. The van der Waals surface area contributed by atoms with E-state index in [2.05, 4.69) is 15.2 Å². The van der Waals surface area contributed by atoms with Crippen LogP contribution in [0.2, 0.25) is 0 Å². The van der Waals surface area contributed by atoms with Crippen LogP contribution in [0.25, 0.3) is 16.9 Å². The molecule has 0 fully saturated rings. The van der Waals surface area contributed by atoms with E-state index in [9.17, 15) is 13.2 Å². The first-order valence-corrected chi connectivity index (χ1v) is 6.46. The fourth-order valence-electron chi connectivity index (χ4n) is 1.91. The van der Waals surface area contributed by atoms with Crippen molar-refractivity contribution in [1.29, 1.82) is 0 Å². The monoisotopic (exact) mass is 312 g/mol. The summed E-state index contributed by atoms with van der Waals surface area (Å²) in [4.78, 5) is 4.10. The molecule has 0 saturated carbocycles. The molecule has 0 atom stereocenters. The van der Waals surface area contributed by atoms with Crippen molar-refractivity contribution in [3.05, 3.63) is 48.0 Å². The number of hydrogen-bond donors (Lipinski definition) is 0. The Morgan fingerprint density at radius 3 is 2.43 bits per heavy atom. The van der Waals surface area contributed by atoms with Gasteiger partial charge in [0, 0.05) is 17.6 Å². The molecule has 8 heteroatoms. The predicted octanol–water partition coefficient (Wildman–Crippen LogP) is 3.55. The van der Waals surface area contributed by atoms with Gasteiger partial charge in [-0.25, -0.2) is 0 Å². The number of fused-ring (bicyclic) bond motifs is 1. The van der Waals surface area contributed by atoms with Crippen LogP contribution in [0.15, 0.2) is 36.7 Å². The van der Waals surface area contributed by atoms with Gasteiger partial charge < -0.3 is 0 Å². The second kappa shape index (κ2) is 5.00. The molecule has 0 unspecified atom stereocenters. The maximum Gasteiger partial charge on any atom is 0.452 e. The van der Waals surface area contributed by atoms with Crippen LogP contribution in [-0.2, 0) is 12.1 Å². The minimum Gasteiger partial charge on any atom is -0.275 e. The van der Waals surface area contributed by atoms with Gasteiger partial charge in [-0.05, 0) is 5.56 Å². The highest BCUT2D eigenvalue weighted by Gasteiger charge is 2.37. The Morgan fingerprint density at radius 2 is 1.81 bits per heavy atom. The molecule has 3 rings (SSSR count). The van der Waals surface area contributed by atoms with Crippen molar-refractivity contribution in [3.8, 4) is 11.3 Å².